The number of pyridine rings is 2. The Balaban J connectivity index is 0.000000186. The standard InChI is InChI=1S/C6H2N4O2S.C5H5N/c7-1-2-4-3(9-10-13-4)6(12)8-5(2)11;1-2-4-6-5-3-1/h(H2,8,11,12);1-5H. The Hall–Kier alpha value is -2.79. The monoisotopic (exact) mass is 273 g/mol. The molecule has 0 amide bonds. The smallest absolute Gasteiger partial charge is 0.280 e. The summed E-state index contributed by atoms with van der Waals surface area (Å²) in [5.74, 6) is -0.439. The fraction of sp³-hybridized carbons (Fsp3) is 0. The van der Waals surface area contributed by atoms with Gasteiger partial charge in [-0.2, -0.15) is 5.26 Å². The van der Waals surface area contributed by atoms with Crippen LogP contribution in [0.4, 0.5) is 0 Å². The lowest BCUT2D eigenvalue weighted by Crippen LogP contribution is -2.06. The fourth-order valence-corrected chi connectivity index (χ4v) is 1.91. The lowest BCUT2D eigenvalue weighted by atomic mass is 10.3. The number of nitrogens with one attached hydrogen (secondary N) is 1. The van der Waals surface area contributed by atoms with Crippen LogP contribution in [-0.4, -0.2) is 24.7 Å². The Labute approximate surface area is 111 Å². The summed E-state index contributed by atoms with van der Waals surface area (Å²) >= 11 is 0.903. The van der Waals surface area contributed by atoms with Gasteiger partial charge in [0.2, 0.25) is 5.88 Å². The highest BCUT2D eigenvalue weighted by molar-refractivity contribution is 7.13. The lowest BCUT2D eigenvalue weighted by molar-refractivity contribution is 0.451. The molecule has 3 aromatic rings. The van der Waals surface area contributed by atoms with E-state index in [0.717, 1.165) is 11.5 Å². The van der Waals surface area contributed by atoms with Gasteiger partial charge in [0.25, 0.3) is 5.56 Å². The highest BCUT2D eigenvalue weighted by Gasteiger charge is 2.13. The predicted octanol–water partition coefficient (Wildman–Crippen LogP) is 1.04. The van der Waals surface area contributed by atoms with Crippen molar-refractivity contribution in [3.05, 3.63) is 46.5 Å². The van der Waals surface area contributed by atoms with Crippen molar-refractivity contribution in [2.75, 3.05) is 0 Å². The van der Waals surface area contributed by atoms with Crippen molar-refractivity contribution >= 4 is 21.7 Å². The number of aromatic amines is 1. The summed E-state index contributed by atoms with van der Waals surface area (Å²) in [6.45, 7) is 0. The molecule has 3 heterocycles. The Morgan fingerprint density at radius 1 is 1.32 bits per heavy atom. The SMILES string of the molecule is N#Cc1c(O)[nH]c(=O)c2nnsc12.c1ccncc1. The zero-order chi connectivity index (χ0) is 13.7. The molecular weight excluding hydrogens is 266 g/mol. The number of fused-ring (bicyclic) bond motifs is 1. The van der Waals surface area contributed by atoms with Crippen LogP contribution in [0.1, 0.15) is 5.56 Å². The molecule has 0 aliphatic heterocycles. The molecule has 0 spiro atoms. The van der Waals surface area contributed by atoms with Gasteiger partial charge in [-0.25, -0.2) is 0 Å². The molecule has 3 aromatic heterocycles. The highest BCUT2D eigenvalue weighted by atomic mass is 32.1. The Bertz CT molecular complexity index is 748. The number of hydrogen-bond donors (Lipinski definition) is 2. The van der Waals surface area contributed by atoms with Gasteiger partial charge in [0.05, 0.1) is 0 Å². The summed E-state index contributed by atoms with van der Waals surface area (Å²) in [5.41, 5.74) is -0.454. The molecule has 0 fully saturated rings. The van der Waals surface area contributed by atoms with Crippen LogP contribution in [-0.2, 0) is 0 Å². The Kier molecular flexibility index (Phi) is 3.80. The average molecular weight is 273 g/mol. The van der Waals surface area contributed by atoms with Gasteiger partial charge < -0.3 is 5.11 Å². The van der Waals surface area contributed by atoms with Crippen molar-refractivity contribution in [1.29, 1.82) is 5.26 Å². The minimum Gasteiger partial charge on any atom is -0.494 e. The normalized spacial score (nSPS) is 9.42. The van der Waals surface area contributed by atoms with Crippen molar-refractivity contribution in [2.45, 2.75) is 0 Å². The number of nitriles is 1. The van der Waals surface area contributed by atoms with E-state index in [1.54, 1.807) is 18.5 Å². The molecule has 2 N–H and O–H groups in total. The van der Waals surface area contributed by atoms with E-state index in [0.29, 0.717) is 4.70 Å². The van der Waals surface area contributed by atoms with E-state index in [2.05, 4.69) is 19.6 Å². The first-order chi connectivity index (χ1) is 9.24. The molecule has 0 unspecified atom stereocenters. The molecule has 0 saturated carbocycles. The third-order valence-corrected chi connectivity index (χ3v) is 2.82. The van der Waals surface area contributed by atoms with Gasteiger partial charge >= 0.3 is 0 Å². The number of rotatable bonds is 0. The second-order valence-electron chi connectivity index (χ2n) is 3.26. The largest absolute Gasteiger partial charge is 0.494 e. The summed E-state index contributed by atoms with van der Waals surface area (Å²) in [6.07, 6.45) is 3.50. The number of nitrogens with zero attached hydrogens (tertiary/aromatic N) is 4. The third kappa shape index (κ3) is 2.72. The topological polar surface area (TPSA) is 116 Å². The lowest BCUT2D eigenvalue weighted by Gasteiger charge is -1.93. The van der Waals surface area contributed by atoms with E-state index >= 15 is 0 Å². The van der Waals surface area contributed by atoms with E-state index in [1.807, 2.05) is 18.2 Å². The van der Waals surface area contributed by atoms with Crippen LogP contribution in [0.3, 0.4) is 0 Å². The van der Waals surface area contributed by atoms with Gasteiger partial charge in [-0.1, -0.05) is 10.6 Å². The maximum Gasteiger partial charge on any atom is 0.280 e. The van der Waals surface area contributed by atoms with E-state index in [4.69, 9.17) is 5.26 Å². The maximum absolute atomic E-state index is 11.1. The molecule has 0 aliphatic rings. The molecule has 0 aromatic carbocycles. The fourth-order valence-electron chi connectivity index (χ4n) is 1.26. The van der Waals surface area contributed by atoms with Crippen molar-refractivity contribution in [1.82, 2.24) is 19.6 Å². The van der Waals surface area contributed by atoms with Gasteiger partial charge in [-0.15, -0.1) is 5.10 Å². The second kappa shape index (κ2) is 5.70. The molecular formula is C11H7N5O2S. The van der Waals surface area contributed by atoms with Crippen LogP contribution >= 0.6 is 11.5 Å². The van der Waals surface area contributed by atoms with Crippen LogP contribution in [0.5, 0.6) is 5.88 Å². The quantitative estimate of drug-likeness (QED) is 0.632. The van der Waals surface area contributed by atoms with Crippen LogP contribution in [0, 0.1) is 11.3 Å². The number of hydrogen-bond acceptors (Lipinski definition) is 7. The molecule has 0 aliphatic carbocycles. The van der Waals surface area contributed by atoms with Crippen molar-refractivity contribution < 1.29 is 5.11 Å². The molecule has 7 nitrogen and oxygen atoms in total. The first kappa shape index (κ1) is 12.7. The molecule has 3 rings (SSSR count). The molecule has 94 valence electrons. The predicted molar refractivity (Wildman–Crippen MR) is 68.7 cm³/mol. The maximum atomic E-state index is 11.1. The van der Waals surface area contributed by atoms with Gasteiger partial charge in [-0.3, -0.25) is 14.8 Å². The molecule has 19 heavy (non-hydrogen) atoms. The van der Waals surface area contributed by atoms with Crippen molar-refractivity contribution in [3.63, 3.8) is 0 Å². The molecule has 8 heteroatoms. The Morgan fingerprint density at radius 3 is 2.58 bits per heavy atom. The summed E-state index contributed by atoms with van der Waals surface area (Å²) in [6, 6.07) is 7.48. The first-order valence-electron chi connectivity index (χ1n) is 5.06. The van der Waals surface area contributed by atoms with Crippen LogP contribution < -0.4 is 5.56 Å². The van der Waals surface area contributed by atoms with Crippen LogP contribution in [0.15, 0.2) is 35.4 Å². The number of H-pyrrole nitrogens is 1. The van der Waals surface area contributed by atoms with Gasteiger partial charge in [0, 0.05) is 12.4 Å². The number of aromatic nitrogens is 4. The number of aromatic hydroxyl groups is 1. The van der Waals surface area contributed by atoms with E-state index in [9.17, 15) is 9.90 Å². The zero-order valence-electron chi connectivity index (χ0n) is 9.44. The summed E-state index contributed by atoms with van der Waals surface area (Å²) in [4.78, 5) is 17.0. The minimum atomic E-state index is -0.541. The second-order valence-corrected chi connectivity index (χ2v) is 4.02. The van der Waals surface area contributed by atoms with Crippen molar-refractivity contribution in [3.8, 4) is 11.9 Å². The minimum absolute atomic E-state index is 0.00426. The van der Waals surface area contributed by atoms with Crippen molar-refractivity contribution in [2.24, 2.45) is 0 Å². The zero-order valence-corrected chi connectivity index (χ0v) is 10.3. The average Bonchev–Trinajstić information content (AvgIpc) is 2.91. The van der Waals surface area contributed by atoms with E-state index in [-0.39, 0.29) is 11.1 Å². The summed E-state index contributed by atoms with van der Waals surface area (Å²) in [7, 11) is 0. The summed E-state index contributed by atoms with van der Waals surface area (Å²) < 4.78 is 3.83. The van der Waals surface area contributed by atoms with Crippen LogP contribution in [0.25, 0.3) is 10.2 Å². The van der Waals surface area contributed by atoms with Gasteiger partial charge in [0.1, 0.15) is 16.3 Å². The van der Waals surface area contributed by atoms with Crippen LogP contribution in [0.2, 0.25) is 0 Å². The molecule has 0 saturated heterocycles. The van der Waals surface area contributed by atoms with Gasteiger partial charge in [-0.05, 0) is 23.7 Å². The molecule has 0 bridgehead atoms. The van der Waals surface area contributed by atoms with Gasteiger partial charge in [0.15, 0.2) is 5.52 Å². The van der Waals surface area contributed by atoms with E-state index in [1.165, 1.54) is 0 Å². The highest BCUT2D eigenvalue weighted by Crippen LogP contribution is 2.22. The molecule has 0 atom stereocenters. The third-order valence-electron chi connectivity index (χ3n) is 2.08. The molecule has 0 radical (unpaired) electrons. The Morgan fingerprint density at radius 2 is 2.05 bits per heavy atom. The first-order valence-corrected chi connectivity index (χ1v) is 5.83. The summed E-state index contributed by atoms with van der Waals surface area (Å²) in [5, 5.41) is 21.4. The van der Waals surface area contributed by atoms with E-state index < -0.39 is 11.4 Å².